The van der Waals surface area contributed by atoms with Crippen molar-refractivity contribution in [3.05, 3.63) is 70.4 Å². The maximum absolute atomic E-state index is 11.1. The van der Waals surface area contributed by atoms with Crippen molar-refractivity contribution in [2.75, 3.05) is 6.61 Å². The average molecular weight is 436 g/mol. The monoisotopic (exact) mass is 435 g/mol. The van der Waals surface area contributed by atoms with Crippen LogP contribution in [0.25, 0.3) is 22.3 Å². The molecule has 1 saturated heterocycles. The Bertz CT molecular complexity index is 1230. The number of para-hydroxylation sites is 1. The maximum Gasteiger partial charge on any atom is 0.269 e. The van der Waals surface area contributed by atoms with Crippen molar-refractivity contribution in [1.29, 1.82) is 0 Å². The van der Waals surface area contributed by atoms with E-state index in [0.717, 1.165) is 52.5 Å². The summed E-state index contributed by atoms with van der Waals surface area (Å²) in [6, 6.07) is 14.8. The van der Waals surface area contributed by atoms with E-state index < -0.39 is 0 Å². The third-order valence-corrected chi connectivity index (χ3v) is 6.48. The Morgan fingerprint density at radius 2 is 2.13 bits per heavy atom. The number of nitro benzene ring substituents is 1. The lowest BCUT2D eigenvalue weighted by atomic mass is 10.1. The van der Waals surface area contributed by atoms with E-state index in [1.54, 1.807) is 12.1 Å². The zero-order chi connectivity index (χ0) is 21.2. The van der Waals surface area contributed by atoms with Gasteiger partial charge in [0.05, 0.1) is 17.6 Å². The summed E-state index contributed by atoms with van der Waals surface area (Å²) in [6.07, 6.45) is 4.18. The molecule has 4 aromatic rings. The SMILES string of the molecule is O=[N+]([O-])c1cccc(CSc2nnc(-c3c[nH]c4ccccc34)n2CC2CCCO2)c1. The molecule has 9 heteroatoms. The molecule has 1 N–H and O–H groups in total. The van der Waals surface area contributed by atoms with Crippen molar-refractivity contribution in [3.63, 3.8) is 0 Å². The van der Waals surface area contributed by atoms with Gasteiger partial charge in [-0.15, -0.1) is 10.2 Å². The van der Waals surface area contributed by atoms with Crippen LogP contribution in [0.2, 0.25) is 0 Å². The molecule has 31 heavy (non-hydrogen) atoms. The Balaban J connectivity index is 1.47. The van der Waals surface area contributed by atoms with Crippen LogP contribution in [0.4, 0.5) is 5.69 Å². The summed E-state index contributed by atoms with van der Waals surface area (Å²) in [6.45, 7) is 1.46. The molecule has 1 aliphatic heterocycles. The van der Waals surface area contributed by atoms with E-state index in [1.807, 2.05) is 30.5 Å². The van der Waals surface area contributed by atoms with Gasteiger partial charge in [-0.3, -0.25) is 14.7 Å². The van der Waals surface area contributed by atoms with E-state index in [2.05, 4.69) is 25.8 Å². The van der Waals surface area contributed by atoms with Crippen molar-refractivity contribution >= 4 is 28.4 Å². The highest BCUT2D eigenvalue weighted by Gasteiger charge is 2.23. The molecule has 1 aliphatic rings. The average Bonchev–Trinajstić information content (AvgIpc) is 3.53. The minimum Gasteiger partial charge on any atom is -0.376 e. The van der Waals surface area contributed by atoms with Crippen molar-refractivity contribution in [3.8, 4) is 11.4 Å². The molecule has 0 saturated carbocycles. The van der Waals surface area contributed by atoms with E-state index in [4.69, 9.17) is 4.74 Å². The number of ether oxygens (including phenoxy) is 1. The summed E-state index contributed by atoms with van der Waals surface area (Å²) in [5, 5.41) is 21.9. The van der Waals surface area contributed by atoms with E-state index in [-0.39, 0.29) is 16.7 Å². The van der Waals surface area contributed by atoms with Gasteiger partial charge in [0.1, 0.15) is 0 Å². The number of nitrogens with one attached hydrogen (secondary N) is 1. The molecule has 0 aliphatic carbocycles. The number of thioether (sulfide) groups is 1. The van der Waals surface area contributed by atoms with Crippen molar-refractivity contribution in [2.45, 2.75) is 36.4 Å². The quantitative estimate of drug-likeness (QED) is 0.254. The van der Waals surface area contributed by atoms with Crippen molar-refractivity contribution in [2.24, 2.45) is 0 Å². The fourth-order valence-electron chi connectivity index (χ4n) is 3.92. The van der Waals surface area contributed by atoms with Gasteiger partial charge in [-0.2, -0.15) is 0 Å². The van der Waals surface area contributed by atoms with Crippen LogP contribution in [0.3, 0.4) is 0 Å². The van der Waals surface area contributed by atoms with E-state index in [1.165, 1.54) is 17.8 Å². The highest BCUT2D eigenvalue weighted by Crippen LogP contribution is 2.32. The smallest absolute Gasteiger partial charge is 0.269 e. The van der Waals surface area contributed by atoms with Gasteiger partial charge < -0.3 is 9.72 Å². The molecule has 5 rings (SSSR count). The third-order valence-electron chi connectivity index (χ3n) is 5.45. The van der Waals surface area contributed by atoms with Gasteiger partial charge in [0, 0.05) is 47.2 Å². The molecule has 0 amide bonds. The third kappa shape index (κ3) is 4.06. The molecule has 1 fully saturated rings. The molecule has 3 heterocycles. The number of benzene rings is 2. The molecular formula is C22H21N5O3S. The number of non-ortho nitro benzene ring substituents is 1. The molecule has 2 aromatic heterocycles. The molecule has 1 atom stereocenters. The summed E-state index contributed by atoms with van der Waals surface area (Å²) in [7, 11) is 0. The van der Waals surface area contributed by atoms with Crippen LogP contribution in [0.1, 0.15) is 18.4 Å². The second-order valence-electron chi connectivity index (χ2n) is 7.52. The Hall–Kier alpha value is -3.17. The molecule has 158 valence electrons. The molecule has 0 bridgehead atoms. The Morgan fingerprint density at radius 3 is 2.97 bits per heavy atom. The lowest BCUT2D eigenvalue weighted by molar-refractivity contribution is -0.384. The normalized spacial score (nSPS) is 16.2. The first-order valence-corrected chi connectivity index (χ1v) is 11.1. The predicted molar refractivity (Wildman–Crippen MR) is 119 cm³/mol. The molecule has 0 spiro atoms. The number of aromatic nitrogens is 4. The van der Waals surface area contributed by atoms with Crippen LogP contribution >= 0.6 is 11.8 Å². The maximum atomic E-state index is 11.1. The lowest BCUT2D eigenvalue weighted by Gasteiger charge is -2.14. The topological polar surface area (TPSA) is 98.9 Å². The highest BCUT2D eigenvalue weighted by molar-refractivity contribution is 7.98. The summed E-state index contributed by atoms with van der Waals surface area (Å²) in [5.74, 6) is 1.37. The van der Waals surface area contributed by atoms with Gasteiger partial charge in [-0.1, -0.05) is 42.1 Å². The lowest BCUT2D eigenvalue weighted by Crippen LogP contribution is -2.16. The Morgan fingerprint density at radius 1 is 1.23 bits per heavy atom. The van der Waals surface area contributed by atoms with Crippen LogP contribution in [-0.2, 0) is 17.0 Å². The summed E-state index contributed by atoms with van der Waals surface area (Å²) >= 11 is 1.53. The van der Waals surface area contributed by atoms with Crippen LogP contribution in [0, 0.1) is 10.1 Å². The van der Waals surface area contributed by atoms with E-state index in [9.17, 15) is 10.1 Å². The second kappa shape index (κ2) is 8.52. The van der Waals surface area contributed by atoms with Crippen LogP contribution in [0.15, 0.2) is 59.9 Å². The fourth-order valence-corrected chi connectivity index (χ4v) is 4.81. The van der Waals surface area contributed by atoms with Gasteiger partial charge in [0.15, 0.2) is 11.0 Å². The standard InChI is InChI=1S/C22H21N5O3S/c28-27(29)16-6-3-5-15(11-16)14-31-22-25-24-21(26(22)13-17-7-4-10-30-17)19-12-23-20-9-2-1-8-18(19)20/h1-3,5-6,8-9,11-12,17,23H,4,7,10,13-14H2. The largest absolute Gasteiger partial charge is 0.376 e. The zero-order valence-corrected chi connectivity index (χ0v) is 17.5. The first-order valence-electron chi connectivity index (χ1n) is 10.2. The molecular weight excluding hydrogens is 414 g/mol. The molecule has 1 unspecified atom stereocenters. The predicted octanol–water partition coefficient (Wildman–Crippen LogP) is 4.81. The number of aromatic amines is 1. The minimum absolute atomic E-state index is 0.0957. The molecule has 2 aromatic carbocycles. The van der Waals surface area contributed by atoms with Gasteiger partial charge in [0.25, 0.3) is 5.69 Å². The Kier molecular flexibility index (Phi) is 5.44. The van der Waals surface area contributed by atoms with E-state index >= 15 is 0 Å². The highest BCUT2D eigenvalue weighted by atomic mass is 32.2. The van der Waals surface area contributed by atoms with E-state index in [0.29, 0.717) is 12.3 Å². The van der Waals surface area contributed by atoms with Gasteiger partial charge in [-0.25, -0.2) is 0 Å². The summed E-state index contributed by atoms with van der Waals surface area (Å²) in [4.78, 5) is 14.0. The molecule has 8 nitrogen and oxygen atoms in total. The van der Waals surface area contributed by atoms with Crippen molar-refractivity contribution < 1.29 is 9.66 Å². The minimum atomic E-state index is -0.372. The molecule has 0 radical (unpaired) electrons. The fraction of sp³-hybridized carbons (Fsp3) is 0.273. The Labute approximate surface area is 182 Å². The zero-order valence-electron chi connectivity index (χ0n) is 16.7. The first-order chi connectivity index (χ1) is 15.2. The summed E-state index contributed by atoms with van der Waals surface area (Å²) in [5.41, 5.74) is 3.02. The van der Waals surface area contributed by atoms with Crippen LogP contribution < -0.4 is 0 Å². The number of nitrogens with zero attached hydrogens (tertiary/aromatic N) is 4. The van der Waals surface area contributed by atoms with Gasteiger partial charge in [0.2, 0.25) is 0 Å². The van der Waals surface area contributed by atoms with Crippen molar-refractivity contribution in [1.82, 2.24) is 19.7 Å². The summed E-state index contributed by atoms with van der Waals surface area (Å²) < 4.78 is 8.00. The van der Waals surface area contributed by atoms with Crippen LogP contribution in [0.5, 0.6) is 0 Å². The number of fused-ring (bicyclic) bond motifs is 1. The van der Waals surface area contributed by atoms with Crippen LogP contribution in [-0.4, -0.2) is 37.4 Å². The first kappa shape index (κ1) is 19.8. The van der Waals surface area contributed by atoms with Gasteiger partial charge in [-0.05, 0) is 24.5 Å². The van der Waals surface area contributed by atoms with Gasteiger partial charge >= 0.3 is 0 Å². The second-order valence-corrected chi connectivity index (χ2v) is 8.46. The number of nitro groups is 1. The number of rotatable bonds is 7. The number of H-pyrrole nitrogens is 1. The number of hydrogen-bond donors (Lipinski definition) is 1. The number of hydrogen-bond acceptors (Lipinski definition) is 6.